The molecule has 2 atom stereocenters. The average molecular weight is 297 g/mol. The van der Waals surface area contributed by atoms with Crippen molar-refractivity contribution in [1.29, 1.82) is 0 Å². The van der Waals surface area contributed by atoms with Gasteiger partial charge in [0.05, 0.1) is 0 Å². The SMILES string of the molecule is CCCNC(c1ccccc1)C(C)CCCS(C)(=O)=O. The first-order valence-electron chi connectivity index (χ1n) is 7.40. The highest BCUT2D eigenvalue weighted by atomic mass is 32.2. The summed E-state index contributed by atoms with van der Waals surface area (Å²) < 4.78 is 22.4. The third kappa shape index (κ3) is 6.53. The molecule has 2 unspecified atom stereocenters. The van der Waals surface area contributed by atoms with E-state index in [4.69, 9.17) is 0 Å². The van der Waals surface area contributed by atoms with Crippen LogP contribution in [0.2, 0.25) is 0 Å². The van der Waals surface area contributed by atoms with Crippen LogP contribution in [-0.2, 0) is 9.84 Å². The van der Waals surface area contributed by atoms with Crippen LogP contribution in [0.3, 0.4) is 0 Å². The van der Waals surface area contributed by atoms with E-state index in [0.29, 0.717) is 12.0 Å². The van der Waals surface area contributed by atoms with Gasteiger partial charge in [-0.3, -0.25) is 0 Å². The fourth-order valence-corrected chi connectivity index (χ4v) is 3.13. The van der Waals surface area contributed by atoms with Crippen molar-refractivity contribution < 1.29 is 8.42 Å². The van der Waals surface area contributed by atoms with Gasteiger partial charge in [-0.15, -0.1) is 0 Å². The van der Waals surface area contributed by atoms with Crippen molar-refractivity contribution in [3.05, 3.63) is 35.9 Å². The van der Waals surface area contributed by atoms with Gasteiger partial charge < -0.3 is 5.32 Å². The topological polar surface area (TPSA) is 46.2 Å². The zero-order valence-corrected chi connectivity index (χ0v) is 13.6. The lowest BCUT2D eigenvalue weighted by Gasteiger charge is -2.25. The lowest BCUT2D eigenvalue weighted by molar-refractivity contribution is 0.363. The van der Waals surface area contributed by atoms with E-state index in [2.05, 4.69) is 43.4 Å². The molecule has 0 heterocycles. The summed E-state index contributed by atoms with van der Waals surface area (Å²) in [5.74, 6) is 0.706. The minimum Gasteiger partial charge on any atom is -0.310 e. The van der Waals surface area contributed by atoms with Crippen molar-refractivity contribution >= 4 is 9.84 Å². The molecule has 0 aliphatic heterocycles. The van der Waals surface area contributed by atoms with Gasteiger partial charge in [-0.1, -0.05) is 44.2 Å². The van der Waals surface area contributed by atoms with Crippen molar-refractivity contribution in [2.24, 2.45) is 5.92 Å². The highest BCUT2D eigenvalue weighted by Gasteiger charge is 2.18. The molecule has 0 spiro atoms. The molecule has 20 heavy (non-hydrogen) atoms. The zero-order valence-electron chi connectivity index (χ0n) is 12.8. The molecule has 1 rings (SSSR count). The second-order valence-electron chi connectivity index (χ2n) is 5.59. The van der Waals surface area contributed by atoms with Crippen molar-refractivity contribution in [2.75, 3.05) is 18.6 Å². The minimum absolute atomic E-state index is 0.284. The van der Waals surface area contributed by atoms with E-state index in [-0.39, 0.29) is 5.75 Å². The third-order valence-electron chi connectivity index (χ3n) is 3.52. The van der Waals surface area contributed by atoms with Crippen LogP contribution in [-0.4, -0.2) is 27.0 Å². The Hall–Kier alpha value is -0.870. The minimum atomic E-state index is -2.85. The Kier molecular flexibility index (Phi) is 7.24. The summed E-state index contributed by atoms with van der Waals surface area (Å²) in [6, 6.07) is 10.7. The van der Waals surface area contributed by atoms with E-state index < -0.39 is 9.84 Å². The van der Waals surface area contributed by atoms with Crippen LogP contribution in [0.25, 0.3) is 0 Å². The number of rotatable bonds is 9. The van der Waals surface area contributed by atoms with E-state index >= 15 is 0 Å². The molecule has 114 valence electrons. The smallest absolute Gasteiger partial charge is 0.147 e. The Morgan fingerprint density at radius 3 is 2.40 bits per heavy atom. The zero-order chi connectivity index (χ0) is 15.0. The summed E-state index contributed by atoms with van der Waals surface area (Å²) in [6.45, 7) is 5.34. The fourth-order valence-electron chi connectivity index (χ4n) is 2.44. The molecule has 1 aromatic carbocycles. The molecule has 0 fully saturated rings. The number of benzene rings is 1. The molecule has 4 heteroatoms. The fraction of sp³-hybridized carbons (Fsp3) is 0.625. The Bertz CT molecular complexity index is 471. The van der Waals surface area contributed by atoms with Crippen LogP contribution in [0.5, 0.6) is 0 Å². The lowest BCUT2D eigenvalue weighted by Crippen LogP contribution is -2.28. The number of hydrogen-bond donors (Lipinski definition) is 1. The monoisotopic (exact) mass is 297 g/mol. The van der Waals surface area contributed by atoms with Gasteiger partial charge in [-0.25, -0.2) is 8.42 Å². The molecule has 0 aromatic heterocycles. The molecule has 0 radical (unpaired) electrons. The largest absolute Gasteiger partial charge is 0.310 e. The lowest BCUT2D eigenvalue weighted by atomic mass is 9.91. The van der Waals surface area contributed by atoms with Gasteiger partial charge in [-0.05, 0) is 37.3 Å². The molecule has 0 amide bonds. The van der Waals surface area contributed by atoms with E-state index in [1.807, 2.05) is 6.07 Å². The predicted octanol–water partition coefficient (Wildman–Crippen LogP) is 3.19. The van der Waals surface area contributed by atoms with Gasteiger partial charge in [0.2, 0.25) is 0 Å². The quantitative estimate of drug-likeness (QED) is 0.761. The molecule has 0 aliphatic carbocycles. The van der Waals surface area contributed by atoms with Crippen molar-refractivity contribution in [3.63, 3.8) is 0 Å². The third-order valence-corrected chi connectivity index (χ3v) is 4.55. The van der Waals surface area contributed by atoms with Crippen LogP contribution in [0.1, 0.15) is 44.7 Å². The van der Waals surface area contributed by atoms with Crippen LogP contribution >= 0.6 is 0 Å². The van der Waals surface area contributed by atoms with Gasteiger partial charge in [0.1, 0.15) is 9.84 Å². The first kappa shape index (κ1) is 17.2. The van der Waals surface area contributed by atoms with Gasteiger partial charge in [0.25, 0.3) is 0 Å². The molecule has 0 aliphatic rings. The summed E-state index contributed by atoms with van der Waals surface area (Å²) >= 11 is 0. The summed E-state index contributed by atoms with van der Waals surface area (Å²) in [5, 5.41) is 3.58. The highest BCUT2D eigenvalue weighted by Crippen LogP contribution is 2.25. The first-order valence-corrected chi connectivity index (χ1v) is 9.46. The highest BCUT2D eigenvalue weighted by molar-refractivity contribution is 7.90. The first-order chi connectivity index (χ1) is 9.44. The van der Waals surface area contributed by atoms with E-state index in [0.717, 1.165) is 25.8 Å². The van der Waals surface area contributed by atoms with Crippen LogP contribution in [0.4, 0.5) is 0 Å². The number of sulfone groups is 1. The molecule has 1 N–H and O–H groups in total. The second-order valence-corrected chi connectivity index (χ2v) is 7.85. The molecule has 0 saturated heterocycles. The van der Waals surface area contributed by atoms with Crippen LogP contribution in [0, 0.1) is 5.92 Å². The van der Waals surface area contributed by atoms with Crippen molar-refractivity contribution in [3.8, 4) is 0 Å². The summed E-state index contributed by atoms with van der Waals surface area (Å²) in [5.41, 5.74) is 1.29. The maximum absolute atomic E-state index is 11.2. The maximum Gasteiger partial charge on any atom is 0.147 e. The molecular weight excluding hydrogens is 270 g/mol. The molecule has 3 nitrogen and oxygen atoms in total. The Morgan fingerprint density at radius 1 is 1.20 bits per heavy atom. The number of hydrogen-bond acceptors (Lipinski definition) is 3. The molecule has 1 aromatic rings. The van der Waals surface area contributed by atoms with Gasteiger partial charge in [0.15, 0.2) is 0 Å². The molecule has 0 bridgehead atoms. The van der Waals surface area contributed by atoms with E-state index in [9.17, 15) is 8.42 Å². The predicted molar refractivity (Wildman–Crippen MR) is 85.6 cm³/mol. The normalized spacial score (nSPS) is 14.9. The van der Waals surface area contributed by atoms with Crippen molar-refractivity contribution in [2.45, 2.75) is 39.2 Å². The van der Waals surface area contributed by atoms with Gasteiger partial charge in [0, 0.05) is 18.1 Å². The average Bonchev–Trinajstić information content (AvgIpc) is 2.39. The summed E-state index contributed by atoms with van der Waals surface area (Å²) in [6.07, 6.45) is 4.06. The van der Waals surface area contributed by atoms with Crippen LogP contribution < -0.4 is 5.32 Å². The standard InChI is InChI=1S/C16H27NO2S/c1-4-12-17-16(15-10-6-5-7-11-15)14(2)9-8-13-20(3,18)19/h5-7,10-11,14,16-17H,4,8-9,12-13H2,1-3H3. The van der Waals surface area contributed by atoms with E-state index in [1.165, 1.54) is 11.8 Å². The Balaban J connectivity index is 2.63. The van der Waals surface area contributed by atoms with Gasteiger partial charge >= 0.3 is 0 Å². The summed E-state index contributed by atoms with van der Waals surface area (Å²) in [4.78, 5) is 0. The number of nitrogens with one attached hydrogen (secondary N) is 1. The molecule has 0 saturated carbocycles. The Morgan fingerprint density at radius 2 is 1.85 bits per heavy atom. The van der Waals surface area contributed by atoms with Crippen molar-refractivity contribution in [1.82, 2.24) is 5.32 Å². The maximum atomic E-state index is 11.2. The van der Waals surface area contributed by atoms with Gasteiger partial charge in [-0.2, -0.15) is 0 Å². The molecular formula is C16H27NO2S. The summed E-state index contributed by atoms with van der Waals surface area (Å²) in [7, 11) is -2.85. The van der Waals surface area contributed by atoms with E-state index in [1.54, 1.807) is 0 Å². The Labute approximate surface area is 123 Å². The second kappa shape index (κ2) is 8.42. The van der Waals surface area contributed by atoms with Crippen LogP contribution in [0.15, 0.2) is 30.3 Å².